The van der Waals surface area contributed by atoms with Crippen LogP contribution in [0.15, 0.2) is 16.9 Å². The van der Waals surface area contributed by atoms with Gasteiger partial charge < -0.3 is 9.42 Å². The Morgan fingerprint density at radius 3 is 2.87 bits per heavy atom. The molecule has 1 fully saturated rings. The number of amides is 1. The first kappa shape index (κ1) is 15.8. The normalized spacial score (nSPS) is 18.4. The van der Waals surface area contributed by atoms with E-state index in [1.165, 1.54) is 0 Å². The van der Waals surface area contributed by atoms with E-state index >= 15 is 0 Å². The van der Waals surface area contributed by atoms with E-state index in [2.05, 4.69) is 16.5 Å². The van der Waals surface area contributed by atoms with E-state index < -0.39 is 0 Å². The monoisotopic (exact) mass is 316 g/mol. The third-order valence-electron chi connectivity index (χ3n) is 4.62. The number of rotatable bonds is 4. The number of hydrogen-bond donors (Lipinski definition) is 0. The molecule has 1 aliphatic rings. The number of piperidine rings is 1. The van der Waals surface area contributed by atoms with Gasteiger partial charge in [-0.05, 0) is 45.6 Å². The molecule has 0 unspecified atom stereocenters. The number of aromatic nitrogens is 3. The zero-order valence-corrected chi connectivity index (χ0v) is 14.1. The predicted molar refractivity (Wildman–Crippen MR) is 86.1 cm³/mol. The molecule has 0 spiro atoms. The second kappa shape index (κ2) is 6.56. The lowest BCUT2D eigenvalue weighted by Crippen LogP contribution is -2.41. The molecule has 1 atom stereocenters. The van der Waals surface area contributed by atoms with Crippen molar-refractivity contribution < 1.29 is 9.32 Å². The minimum absolute atomic E-state index is 0.207. The van der Waals surface area contributed by atoms with E-state index in [1.807, 2.05) is 36.5 Å². The Labute approximate surface area is 136 Å². The van der Waals surface area contributed by atoms with Gasteiger partial charge >= 0.3 is 0 Å². The zero-order valence-electron chi connectivity index (χ0n) is 14.1. The SMILES string of the molecule is Cc1cnn([C@@H]2CCCN(C(=O)CCc3c(C)noc3C)C2)c1. The van der Waals surface area contributed by atoms with Crippen LogP contribution in [-0.2, 0) is 11.2 Å². The molecular formula is C17H24N4O2. The molecule has 0 aliphatic carbocycles. The molecule has 1 amide bonds. The second-order valence-corrected chi connectivity index (χ2v) is 6.44. The summed E-state index contributed by atoms with van der Waals surface area (Å²) in [6, 6.07) is 0.292. The minimum atomic E-state index is 0.207. The topological polar surface area (TPSA) is 64.2 Å². The van der Waals surface area contributed by atoms with Gasteiger partial charge in [0.15, 0.2) is 0 Å². The van der Waals surface area contributed by atoms with E-state index in [4.69, 9.17) is 4.52 Å². The fourth-order valence-corrected chi connectivity index (χ4v) is 3.28. The first-order chi connectivity index (χ1) is 11.0. The van der Waals surface area contributed by atoms with Gasteiger partial charge in [-0.2, -0.15) is 5.10 Å². The number of likely N-dealkylation sites (tertiary alicyclic amines) is 1. The van der Waals surface area contributed by atoms with Crippen LogP contribution in [0.2, 0.25) is 0 Å². The molecule has 0 bridgehead atoms. The number of carbonyl (C=O) groups is 1. The summed E-state index contributed by atoms with van der Waals surface area (Å²) in [6.45, 7) is 7.46. The fourth-order valence-electron chi connectivity index (χ4n) is 3.28. The van der Waals surface area contributed by atoms with E-state index in [9.17, 15) is 4.79 Å². The summed E-state index contributed by atoms with van der Waals surface area (Å²) in [6.07, 6.45) is 7.24. The average Bonchev–Trinajstić information content (AvgIpc) is 3.12. The van der Waals surface area contributed by atoms with Gasteiger partial charge in [0.05, 0.1) is 17.9 Å². The van der Waals surface area contributed by atoms with Gasteiger partial charge in [0.1, 0.15) is 5.76 Å². The van der Waals surface area contributed by atoms with Crippen LogP contribution in [0.1, 0.15) is 47.9 Å². The Morgan fingerprint density at radius 2 is 2.22 bits per heavy atom. The van der Waals surface area contributed by atoms with Crippen molar-refractivity contribution in [3.05, 3.63) is 35.0 Å². The molecule has 0 saturated carbocycles. The highest BCUT2D eigenvalue weighted by Gasteiger charge is 2.25. The second-order valence-electron chi connectivity index (χ2n) is 6.44. The molecule has 0 radical (unpaired) electrons. The van der Waals surface area contributed by atoms with Crippen molar-refractivity contribution in [2.24, 2.45) is 0 Å². The van der Waals surface area contributed by atoms with Gasteiger partial charge in [-0.3, -0.25) is 9.48 Å². The quantitative estimate of drug-likeness (QED) is 0.869. The molecule has 3 heterocycles. The lowest BCUT2D eigenvalue weighted by Gasteiger charge is -2.33. The molecule has 6 nitrogen and oxygen atoms in total. The van der Waals surface area contributed by atoms with Gasteiger partial charge in [-0.25, -0.2) is 0 Å². The van der Waals surface area contributed by atoms with Crippen LogP contribution < -0.4 is 0 Å². The summed E-state index contributed by atoms with van der Waals surface area (Å²) in [5, 5.41) is 8.35. The molecule has 124 valence electrons. The minimum Gasteiger partial charge on any atom is -0.361 e. The molecule has 0 aromatic carbocycles. The Hall–Kier alpha value is -2.11. The molecule has 2 aromatic heterocycles. The van der Waals surface area contributed by atoms with Crippen molar-refractivity contribution in [1.29, 1.82) is 0 Å². The lowest BCUT2D eigenvalue weighted by atomic mass is 10.0. The van der Waals surface area contributed by atoms with E-state index in [0.29, 0.717) is 18.9 Å². The summed E-state index contributed by atoms with van der Waals surface area (Å²) in [7, 11) is 0. The third-order valence-corrected chi connectivity index (χ3v) is 4.62. The highest BCUT2D eigenvalue weighted by atomic mass is 16.5. The van der Waals surface area contributed by atoms with Gasteiger partial charge in [0.2, 0.25) is 5.91 Å². The molecule has 6 heteroatoms. The van der Waals surface area contributed by atoms with Crippen LogP contribution in [0.5, 0.6) is 0 Å². The Kier molecular flexibility index (Phi) is 4.50. The van der Waals surface area contributed by atoms with E-state index in [-0.39, 0.29) is 5.91 Å². The molecule has 1 aliphatic heterocycles. The maximum atomic E-state index is 12.5. The van der Waals surface area contributed by atoms with E-state index in [0.717, 1.165) is 48.5 Å². The van der Waals surface area contributed by atoms with Gasteiger partial charge in [0.25, 0.3) is 0 Å². The molecule has 23 heavy (non-hydrogen) atoms. The Bertz CT molecular complexity index is 669. The third kappa shape index (κ3) is 3.46. The summed E-state index contributed by atoms with van der Waals surface area (Å²) in [4.78, 5) is 14.5. The van der Waals surface area contributed by atoms with Gasteiger partial charge in [-0.15, -0.1) is 0 Å². The van der Waals surface area contributed by atoms with Crippen molar-refractivity contribution in [1.82, 2.24) is 19.8 Å². The Balaban J connectivity index is 1.59. The summed E-state index contributed by atoms with van der Waals surface area (Å²) < 4.78 is 7.17. The average molecular weight is 316 g/mol. The summed E-state index contributed by atoms with van der Waals surface area (Å²) >= 11 is 0. The van der Waals surface area contributed by atoms with Crippen molar-refractivity contribution in [3.8, 4) is 0 Å². The van der Waals surface area contributed by atoms with Crippen molar-refractivity contribution >= 4 is 5.91 Å². The number of carbonyl (C=O) groups excluding carboxylic acids is 1. The maximum absolute atomic E-state index is 12.5. The van der Waals surface area contributed by atoms with Crippen molar-refractivity contribution in [2.45, 2.75) is 52.5 Å². The predicted octanol–water partition coefficient (Wildman–Crippen LogP) is 2.59. The number of nitrogens with zero attached hydrogens (tertiary/aromatic N) is 4. The van der Waals surface area contributed by atoms with Crippen molar-refractivity contribution in [2.75, 3.05) is 13.1 Å². The number of aryl methyl sites for hydroxylation is 3. The van der Waals surface area contributed by atoms with Crippen LogP contribution in [-0.4, -0.2) is 38.8 Å². The van der Waals surface area contributed by atoms with Crippen LogP contribution in [0.25, 0.3) is 0 Å². The number of hydrogen-bond acceptors (Lipinski definition) is 4. The molecular weight excluding hydrogens is 292 g/mol. The lowest BCUT2D eigenvalue weighted by molar-refractivity contribution is -0.132. The Morgan fingerprint density at radius 1 is 1.39 bits per heavy atom. The standard InChI is InChI=1S/C17H24N4O2/c1-12-9-18-21(10-12)15-5-4-8-20(11-15)17(22)7-6-16-13(2)19-23-14(16)3/h9-10,15H,4-8,11H2,1-3H3/t15-/m1/s1. The van der Waals surface area contributed by atoms with Crippen LogP contribution in [0.4, 0.5) is 0 Å². The largest absolute Gasteiger partial charge is 0.361 e. The van der Waals surface area contributed by atoms with Crippen molar-refractivity contribution in [3.63, 3.8) is 0 Å². The summed E-state index contributed by atoms with van der Waals surface area (Å²) in [5.74, 6) is 1.03. The highest BCUT2D eigenvalue weighted by molar-refractivity contribution is 5.76. The smallest absolute Gasteiger partial charge is 0.222 e. The van der Waals surface area contributed by atoms with Crippen LogP contribution in [0.3, 0.4) is 0 Å². The maximum Gasteiger partial charge on any atom is 0.222 e. The zero-order chi connectivity index (χ0) is 16.4. The van der Waals surface area contributed by atoms with Crippen LogP contribution in [0, 0.1) is 20.8 Å². The van der Waals surface area contributed by atoms with Gasteiger partial charge in [0, 0.05) is 31.3 Å². The molecule has 0 N–H and O–H groups in total. The molecule has 2 aromatic rings. The van der Waals surface area contributed by atoms with Crippen LogP contribution >= 0.6 is 0 Å². The first-order valence-corrected chi connectivity index (χ1v) is 8.25. The molecule has 3 rings (SSSR count). The highest BCUT2D eigenvalue weighted by Crippen LogP contribution is 2.22. The summed E-state index contributed by atoms with van der Waals surface area (Å²) in [5.41, 5.74) is 3.11. The van der Waals surface area contributed by atoms with Gasteiger partial charge in [-0.1, -0.05) is 5.16 Å². The van der Waals surface area contributed by atoms with E-state index in [1.54, 1.807) is 0 Å². The molecule has 1 saturated heterocycles. The first-order valence-electron chi connectivity index (χ1n) is 8.25. The fraction of sp³-hybridized carbons (Fsp3) is 0.588.